The van der Waals surface area contributed by atoms with E-state index in [1.54, 1.807) is 19.1 Å². The molecule has 1 aromatic carbocycles. The molecule has 0 aromatic heterocycles. The highest BCUT2D eigenvalue weighted by atomic mass is 16.5. The van der Waals surface area contributed by atoms with Crippen molar-refractivity contribution in [3.05, 3.63) is 29.3 Å². The fourth-order valence-corrected chi connectivity index (χ4v) is 1.75. The number of nitrogens with zero attached hydrogens (tertiary/aromatic N) is 1. The van der Waals surface area contributed by atoms with Crippen LogP contribution in [0.2, 0.25) is 0 Å². The second kappa shape index (κ2) is 7.45. The zero-order valence-electron chi connectivity index (χ0n) is 11.7. The molecule has 4 nitrogen and oxygen atoms in total. The number of nitrogens with one attached hydrogen (secondary N) is 1. The minimum Gasteiger partial charge on any atom is -0.496 e. The average molecular weight is 260 g/mol. The molecule has 0 saturated carbocycles. The maximum atomic E-state index is 11.9. The normalized spacial score (nSPS) is 9.79. The summed E-state index contributed by atoms with van der Waals surface area (Å²) in [5, 5.41) is 2.88. The molecule has 1 rings (SSSR count). The number of likely N-dealkylation sites (N-methyl/N-ethyl adjacent to an activating group) is 1. The van der Waals surface area contributed by atoms with Gasteiger partial charge in [0.1, 0.15) is 5.75 Å². The fourth-order valence-electron chi connectivity index (χ4n) is 1.75. The van der Waals surface area contributed by atoms with Crippen LogP contribution in [0.1, 0.15) is 11.1 Å². The van der Waals surface area contributed by atoms with Gasteiger partial charge in [-0.3, -0.25) is 10.1 Å². The van der Waals surface area contributed by atoms with Gasteiger partial charge >= 0.3 is 0 Å². The smallest absolute Gasteiger partial charge is 0.236 e. The van der Waals surface area contributed by atoms with Gasteiger partial charge in [0.2, 0.25) is 5.91 Å². The van der Waals surface area contributed by atoms with E-state index in [4.69, 9.17) is 11.2 Å². The minimum atomic E-state index is -0.00110. The number of methoxy groups -OCH3 is 1. The van der Waals surface area contributed by atoms with E-state index < -0.39 is 0 Å². The van der Waals surface area contributed by atoms with Crippen LogP contribution in [0.4, 0.5) is 0 Å². The Labute approximate surface area is 114 Å². The molecule has 19 heavy (non-hydrogen) atoms. The predicted octanol–water partition coefficient (Wildman–Crippen LogP) is 1.18. The molecule has 0 spiro atoms. The highest BCUT2D eigenvalue weighted by Gasteiger charge is 2.11. The molecule has 4 heteroatoms. The minimum absolute atomic E-state index is 0.00110. The number of rotatable bonds is 6. The zero-order valence-corrected chi connectivity index (χ0v) is 11.7. The van der Waals surface area contributed by atoms with Gasteiger partial charge in [-0.05, 0) is 13.0 Å². The van der Waals surface area contributed by atoms with Gasteiger partial charge in [0.05, 0.1) is 20.2 Å². The van der Waals surface area contributed by atoms with E-state index in [-0.39, 0.29) is 12.5 Å². The number of carbonyl (C=O) groups is 1. The van der Waals surface area contributed by atoms with Crippen LogP contribution < -0.4 is 10.1 Å². The first kappa shape index (κ1) is 15.1. The van der Waals surface area contributed by atoms with Gasteiger partial charge in [0, 0.05) is 19.2 Å². The lowest BCUT2D eigenvalue weighted by atomic mass is 10.1. The van der Waals surface area contributed by atoms with Crippen molar-refractivity contribution in [2.24, 2.45) is 0 Å². The van der Waals surface area contributed by atoms with Gasteiger partial charge in [0.25, 0.3) is 0 Å². The first-order chi connectivity index (χ1) is 9.08. The molecule has 0 aliphatic heterocycles. The molecular formula is C15H20N2O2. The number of benzene rings is 1. The molecule has 1 aromatic rings. The molecule has 0 heterocycles. The summed E-state index contributed by atoms with van der Waals surface area (Å²) in [7, 11) is 3.39. The van der Waals surface area contributed by atoms with E-state index in [2.05, 4.69) is 11.2 Å². The first-order valence-corrected chi connectivity index (χ1v) is 6.10. The van der Waals surface area contributed by atoms with Crippen LogP contribution in [0.25, 0.3) is 0 Å². The number of amides is 1. The Bertz CT molecular complexity index is 478. The molecule has 0 fully saturated rings. The SMILES string of the molecule is C#CCNCC(=O)N(C)Cc1cc(C)ccc1OC. The van der Waals surface area contributed by atoms with Crippen LogP contribution in [0.5, 0.6) is 5.75 Å². The van der Waals surface area contributed by atoms with E-state index in [0.29, 0.717) is 13.1 Å². The van der Waals surface area contributed by atoms with Crippen molar-refractivity contribution in [2.75, 3.05) is 27.2 Å². The van der Waals surface area contributed by atoms with Crippen molar-refractivity contribution in [3.63, 3.8) is 0 Å². The van der Waals surface area contributed by atoms with E-state index in [0.717, 1.165) is 16.9 Å². The van der Waals surface area contributed by atoms with Crippen LogP contribution in [-0.4, -0.2) is 38.1 Å². The van der Waals surface area contributed by atoms with Crippen LogP contribution in [-0.2, 0) is 11.3 Å². The van der Waals surface area contributed by atoms with Crippen LogP contribution in [0, 0.1) is 19.3 Å². The summed E-state index contributed by atoms with van der Waals surface area (Å²) in [6, 6.07) is 5.93. The van der Waals surface area contributed by atoms with Gasteiger partial charge < -0.3 is 9.64 Å². The Kier molecular flexibility index (Phi) is 5.91. The van der Waals surface area contributed by atoms with Crippen molar-refractivity contribution in [1.29, 1.82) is 0 Å². The molecule has 0 aliphatic rings. The van der Waals surface area contributed by atoms with E-state index in [1.807, 2.05) is 25.1 Å². The summed E-state index contributed by atoms with van der Waals surface area (Å²) in [5.74, 6) is 3.23. The molecule has 0 radical (unpaired) electrons. The Morgan fingerprint density at radius 3 is 2.89 bits per heavy atom. The quantitative estimate of drug-likeness (QED) is 0.617. The molecule has 0 saturated heterocycles. The van der Waals surface area contributed by atoms with Crippen molar-refractivity contribution in [2.45, 2.75) is 13.5 Å². The maximum absolute atomic E-state index is 11.9. The van der Waals surface area contributed by atoms with Gasteiger partial charge in [0.15, 0.2) is 0 Å². The number of hydrogen-bond donors (Lipinski definition) is 1. The lowest BCUT2D eigenvalue weighted by Gasteiger charge is -2.19. The largest absolute Gasteiger partial charge is 0.496 e. The molecule has 0 unspecified atom stereocenters. The molecule has 0 atom stereocenters. The first-order valence-electron chi connectivity index (χ1n) is 6.10. The predicted molar refractivity (Wildman–Crippen MR) is 75.9 cm³/mol. The summed E-state index contributed by atoms with van der Waals surface area (Å²) in [5.41, 5.74) is 2.14. The second-order valence-corrected chi connectivity index (χ2v) is 4.37. The molecular weight excluding hydrogens is 240 g/mol. The van der Waals surface area contributed by atoms with Gasteiger partial charge in [-0.1, -0.05) is 23.6 Å². The van der Waals surface area contributed by atoms with Gasteiger partial charge in [-0.15, -0.1) is 6.42 Å². The van der Waals surface area contributed by atoms with Gasteiger partial charge in [-0.2, -0.15) is 0 Å². The topological polar surface area (TPSA) is 41.6 Å². The summed E-state index contributed by atoms with van der Waals surface area (Å²) in [6.45, 7) is 3.17. The lowest BCUT2D eigenvalue weighted by Crippen LogP contribution is -2.35. The van der Waals surface area contributed by atoms with Crippen molar-refractivity contribution >= 4 is 5.91 Å². The standard InChI is InChI=1S/C15H20N2O2/c1-5-8-16-10-15(18)17(3)11-13-9-12(2)6-7-14(13)19-4/h1,6-7,9,16H,8,10-11H2,2-4H3. The molecule has 1 amide bonds. The number of terminal acetylenes is 1. The Hall–Kier alpha value is -1.99. The van der Waals surface area contributed by atoms with Crippen molar-refractivity contribution < 1.29 is 9.53 Å². The summed E-state index contributed by atoms with van der Waals surface area (Å²) in [6.07, 6.45) is 5.11. The van der Waals surface area contributed by atoms with Crippen LogP contribution >= 0.6 is 0 Å². The Morgan fingerprint density at radius 2 is 2.26 bits per heavy atom. The highest BCUT2D eigenvalue weighted by molar-refractivity contribution is 5.78. The van der Waals surface area contributed by atoms with Gasteiger partial charge in [-0.25, -0.2) is 0 Å². The molecule has 0 bridgehead atoms. The Morgan fingerprint density at radius 1 is 1.53 bits per heavy atom. The fraction of sp³-hybridized carbons (Fsp3) is 0.400. The molecule has 102 valence electrons. The van der Waals surface area contributed by atoms with Crippen molar-refractivity contribution in [1.82, 2.24) is 10.2 Å². The summed E-state index contributed by atoms with van der Waals surface area (Å²) >= 11 is 0. The number of carbonyl (C=O) groups excluding carboxylic acids is 1. The zero-order chi connectivity index (χ0) is 14.3. The maximum Gasteiger partial charge on any atom is 0.236 e. The highest BCUT2D eigenvalue weighted by Crippen LogP contribution is 2.20. The Balaban J connectivity index is 2.65. The van der Waals surface area contributed by atoms with E-state index >= 15 is 0 Å². The third-order valence-corrected chi connectivity index (χ3v) is 2.77. The molecule has 1 N–H and O–H groups in total. The number of ether oxygens (including phenoxy) is 1. The van der Waals surface area contributed by atoms with Crippen LogP contribution in [0.3, 0.4) is 0 Å². The second-order valence-electron chi connectivity index (χ2n) is 4.37. The van der Waals surface area contributed by atoms with E-state index in [1.165, 1.54) is 0 Å². The number of aryl methyl sites for hydroxylation is 1. The summed E-state index contributed by atoms with van der Waals surface area (Å²) in [4.78, 5) is 13.5. The third kappa shape index (κ3) is 4.65. The number of hydrogen-bond acceptors (Lipinski definition) is 3. The third-order valence-electron chi connectivity index (χ3n) is 2.77. The average Bonchev–Trinajstić information content (AvgIpc) is 2.39. The van der Waals surface area contributed by atoms with E-state index in [9.17, 15) is 4.79 Å². The monoisotopic (exact) mass is 260 g/mol. The lowest BCUT2D eigenvalue weighted by molar-refractivity contribution is -0.129. The molecule has 0 aliphatic carbocycles. The van der Waals surface area contributed by atoms with Crippen LogP contribution in [0.15, 0.2) is 18.2 Å². The summed E-state index contributed by atoms with van der Waals surface area (Å²) < 4.78 is 5.30. The van der Waals surface area contributed by atoms with Crippen molar-refractivity contribution in [3.8, 4) is 18.1 Å².